The van der Waals surface area contributed by atoms with E-state index in [1.807, 2.05) is 0 Å². The first-order chi connectivity index (χ1) is 4.09. The van der Waals surface area contributed by atoms with E-state index in [1.54, 1.807) is 6.92 Å². The number of nitrogens with zero attached hydrogens (tertiary/aromatic N) is 1. The van der Waals surface area contributed by atoms with Gasteiger partial charge in [-0.15, -0.1) is 0 Å². The van der Waals surface area contributed by atoms with Gasteiger partial charge in [-0.2, -0.15) is 0 Å². The van der Waals surface area contributed by atoms with Crippen LogP contribution in [-0.2, 0) is 9.59 Å². The van der Waals surface area contributed by atoms with Crippen LogP contribution in [0.2, 0.25) is 0 Å². The van der Waals surface area contributed by atoms with Gasteiger partial charge in [0.25, 0.3) is 0 Å². The van der Waals surface area contributed by atoms with E-state index in [0.717, 1.165) is 0 Å². The number of hydrogen-bond acceptors (Lipinski definition) is 2. The van der Waals surface area contributed by atoms with Gasteiger partial charge in [0.15, 0.2) is 0 Å². The second-order valence-electron chi connectivity index (χ2n) is 1.68. The van der Waals surface area contributed by atoms with Crippen LogP contribution in [0.25, 0.3) is 0 Å². The number of primary amides is 1. The monoisotopic (exact) mass is 130 g/mol. The summed E-state index contributed by atoms with van der Waals surface area (Å²) in [6, 6.07) is 0. The van der Waals surface area contributed by atoms with Crippen molar-refractivity contribution in [2.45, 2.75) is 6.92 Å². The van der Waals surface area contributed by atoms with Gasteiger partial charge < -0.3 is 10.6 Å². The molecule has 0 spiro atoms. The molecule has 0 unspecified atom stereocenters. The standard InChI is InChI=1S/C5H10N2O2/c1-3-7(2)5(9)4(6)8/h3H2,1-2H3,(H2,6,8). The molecule has 0 aromatic heterocycles. The third-order valence-electron chi connectivity index (χ3n) is 1.03. The first kappa shape index (κ1) is 7.94. The van der Waals surface area contributed by atoms with Gasteiger partial charge in [0.05, 0.1) is 0 Å². The fourth-order valence-corrected chi connectivity index (χ4v) is 0.332. The second kappa shape index (κ2) is 3.06. The van der Waals surface area contributed by atoms with Gasteiger partial charge >= 0.3 is 11.8 Å². The van der Waals surface area contributed by atoms with Crippen LogP contribution in [0, 0.1) is 0 Å². The van der Waals surface area contributed by atoms with E-state index >= 15 is 0 Å². The zero-order valence-corrected chi connectivity index (χ0v) is 5.55. The molecule has 0 atom stereocenters. The molecular formula is C5H10N2O2. The molecule has 9 heavy (non-hydrogen) atoms. The summed E-state index contributed by atoms with van der Waals surface area (Å²) < 4.78 is 0. The average molecular weight is 130 g/mol. The zero-order chi connectivity index (χ0) is 7.44. The van der Waals surface area contributed by atoms with Crippen molar-refractivity contribution < 1.29 is 9.59 Å². The fourth-order valence-electron chi connectivity index (χ4n) is 0.332. The van der Waals surface area contributed by atoms with Crippen molar-refractivity contribution in [3.63, 3.8) is 0 Å². The Hall–Kier alpha value is -1.06. The lowest BCUT2D eigenvalue weighted by atomic mass is 10.5. The Morgan fingerprint density at radius 1 is 1.56 bits per heavy atom. The summed E-state index contributed by atoms with van der Waals surface area (Å²) in [5.74, 6) is -1.54. The lowest BCUT2D eigenvalue weighted by molar-refractivity contribution is -0.143. The minimum atomic E-state index is -0.903. The fraction of sp³-hybridized carbons (Fsp3) is 0.600. The van der Waals surface area contributed by atoms with Crippen molar-refractivity contribution in [3.05, 3.63) is 0 Å². The van der Waals surface area contributed by atoms with Crippen LogP contribution >= 0.6 is 0 Å². The van der Waals surface area contributed by atoms with Crippen LogP contribution in [0.15, 0.2) is 0 Å². The molecule has 0 aliphatic heterocycles. The van der Waals surface area contributed by atoms with Gasteiger partial charge in [-0.25, -0.2) is 0 Å². The van der Waals surface area contributed by atoms with E-state index < -0.39 is 11.8 Å². The third-order valence-corrected chi connectivity index (χ3v) is 1.03. The highest BCUT2D eigenvalue weighted by atomic mass is 16.2. The Morgan fingerprint density at radius 2 is 2.00 bits per heavy atom. The first-order valence-electron chi connectivity index (χ1n) is 2.64. The quantitative estimate of drug-likeness (QED) is 0.460. The van der Waals surface area contributed by atoms with Crippen LogP contribution in [-0.4, -0.2) is 30.3 Å². The third kappa shape index (κ3) is 2.12. The highest BCUT2D eigenvalue weighted by Gasteiger charge is 2.11. The molecule has 0 heterocycles. The van der Waals surface area contributed by atoms with Gasteiger partial charge in [-0.05, 0) is 6.92 Å². The molecule has 4 nitrogen and oxygen atoms in total. The number of hydrogen-bond donors (Lipinski definition) is 1. The predicted molar refractivity (Wildman–Crippen MR) is 32.5 cm³/mol. The van der Waals surface area contributed by atoms with E-state index in [0.29, 0.717) is 6.54 Å². The van der Waals surface area contributed by atoms with Crippen molar-refractivity contribution in [3.8, 4) is 0 Å². The topological polar surface area (TPSA) is 63.4 Å². The summed E-state index contributed by atoms with van der Waals surface area (Å²) in [7, 11) is 1.52. The van der Waals surface area contributed by atoms with E-state index in [2.05, 4.69) is 5.73 Å². The molecule has 0 aromatic rings. The molecule has 0 aromatic carbocycles. The molecule has 0 saturated heterocycles. The lowest BCUT2D eigenvalue weighted by Crippen LogP contribution is -2.37. The van der Waals surface area contributed by atoms with Crippen molar-refractivity contribution in [1.29, 1.82) is 0 Å². The van der Waals surface area contributed by atoms with Crippen LogP contribution in [0.1, 0.15) is 6.92 Å². The minimum Gasteiger partial charge on any atom is -0.361 e. The summed E-state index contributed by atoms with van der Waals surface area (Å²) in [6.07, 6.45) is 0. The van der Waals surface area contributed by atoms with Gasteiger partial charge in [0.1, 0.15) is 0 Å². The van der Waals surface area contributed by atoms with Crippen LogP contribution < -0.4 is 5.73 Å². The van der Waals surface area contributed by atoms with Crippen molar-refractivity contribution in [1.82, 2.24) is 4.90 Å². The predicted octanol–water partition coefficient (Wildman–Crippen LogP) is -1.05. The summed E-state index contributed by atoms with van der Waals surface area (Å²) in [6.45, 7) is 2.27. The highest BCUT2D eigenvalue weighted by molar-refractivity contribution is 6.34. The van der Waals surface area contributed by atoms with E-state index in [9.17, 15) is 9.59 Å². The molecule has 0 rings (SSSR count). The van der Waals surface area contributed by atoms with Gasteiger partial charge in [-0.3, -0.25) is 9.59 Å². The van der Waals surface area contributed by atoms with Crippen molar-refractivity contribution >= 4 is 11.8 Å². The number of carbonyl (C=O) groups is 2. The number of likely N-dealkylation sites (N-methyl/N-ethyl adjacent to an activating group) is 1. The Balaban J connectivity index is 3.88. The molecule has 0 aliphatic rings. The van der Waals surface area contributed by atoms with Crippen LogP contribution in [0.3, 0.4) is 0 Å². The summed E-state index contributed by atoms with van der Waals surface area (Å²) in [5.41, 5.74) is 4.68. The number of amides is 2. The molecule has 4 heteroatoms. The molecule has 2 N–H and O–H groups in total. The molecule has 0 radical (unpaired) electrons. The lowest BCUT2D eigenvalue weighted by Gasteiger charge is -2.10. The number of carbonyl (C=O) groups excluding carboxylic acids is 2. The second-order valence-corrected chi connectivity index (χ2v) is 1.68. The smallest absolute Gasteiger partial charge is 0.311 e. The maximum Gasteiger partial charge on any atom is 0.311 e. The molecule has 52 valence electrons. The van der Waals surface area contributed by atoms with Crippen LogP contribution in [0.5, 0.6) is 0 Å². The van der Waals surface area contributed by atoms with Gasteiger partial charge in [0, 0.05) is 13.6 Å². The molecular weight excluding hydrogens is 120 g/mol. The van der Waals surface area contributed by atoms with Gasteiger partial charge in [-0.1, -0.05) is 0 Å². The van der Waals surface area contributed by atoms with E-state index in [-0.39, 0.29) is 0 Å². The zero-order valence-electron chi connectivity index (χ0n) is 5.55. The first-order valence-corrected chi connectivity index (χ1v) is 2.64. The summed E-state index contributed by atoms with van der Waals surface area (Å²) in [4.78, 5) is 21.9. The largest absolute Gasteiger partial charge is 0.361 e. The Labute approximate surface area is 53.6 Å². The van der Waals surface area contributed by atoms with E-state index in [4.69, 9.17) is 0 Å². The van der Waals surface area contributed by atoms with Crippen molar-refractivity contribution in [2.24, 2.45) is 5.73 Å². The average Bonchev–Trinajstić information content (AvgIpc) is 1.84. The molecule has 0 aliphatic carbocycles. The maximum atomic E-state index is 10.5. The normalized spacial score (nSPS) is 8.67. The number of rotatable bonds is 1. The number of nitrogens with two attached hydrogens (primary N) is 1. The Morgan fingerprint density at radius 3 is 2.11 bits per heavy atom. The maximum absolute atomic E-state index is 10.5. The van der Waals surface area contributed by atoms with Crippen molar-refractivity contribution in [2.75, 3.05) is 13.6 Å². The van der Waals surface area contributed by atoms with Crippen LogP contribution in [0.4, 0.5) is 0 Å². The highest BCUT2D eigenvalue weighted by Crippen LogP contribution is 1.80. The molecule has 0 fully saturated rings. The summed E-state index contributed by atoms with van der Waals surface area (Å²) in [5, 5.41) is 0. The Bertz CT molecular complexity index is 133. The van der Waals surface area contributed by atoms with Gasteiger partial charge in [0.2, 0.25) is 0 Å². The summed E-state index contributed by atoms with van der Waals surface area (Å²) >= 11 is 0. The molecule has 2 amide bonds. The molecule has 0 saturated carbocycles. The molecule has 0 bridgehead atoms. The minimum absolute atomic E-state index is 0.502. The Kier molecular flexibility index (Phi) is 2.70. The van der Waals surface area contributed by atoms with E-state index in [1.165, 1.54) is 11.9 Å². The SMILES string of the molecule is CCN(C)C(=O)C(N)=O.